The Kier molecular flexibility index (Phi) is 5.31. The molecule has 18 heavy (non-hydrogen) atoms. The van der Waals surface area contributed by atoms with E-state index in [0.29, 0.717) is 5.75 Å². The van der Waals surface area contributed by atoms with Crippen LogP contribution in [0.5, 0.6) is 0 Å². The second-order valence-corrected chi connectivity index (χ2v) is 6.17. The molecule has 1 aliphatic rings. The average Bonchev–Trinajstić information content (AvgIpc) is 2.46. The summed E-state index contributed by atoms with van der Waals surface area (Å²) in [7, 11) is 1.08. The van der Waals surface area contributed by atoms with Crippen LogP contribution in [0.15, 0.2) is 12.1 Å². The molecule has 0 saturated carbocycles. The van der Waals surface area contributed by atoms with Gasteiger partial charge in [0, 0.05) is 5.75 Å². The van der Waals surface area contributed by atoms with Crippen molar-refractivity contribution in [3.63, 3.8) is 0 Å². The summed E-state index contributed by atoms with van der Waals surface area (Å²) in [5, 5.41) is 0. The van der Waals surface area contributed by atoms with Crippen molar-refractivity contribution in [1.29, 1.82) is 0 Å². The van der Waals surface area contributed by atoms with E-state index in [4.69, 9.17) is 9.31 Å². The highest BCUT2D eigenvalue weighted by Crippen LogP contribution is 2.36. The molecule has 6 heteroatoms. The molecule has 1 aliphatic heterocycles. The van der Waals surface area contributed by atoms with E-state index in [2.05, 4.69) is 4.74 Å². The van der Waals surface area contributed by atoms with Crippen molar-refractivity contribution in [2.75, 3.05) is 18.6 Å². The Labute approximate surface area is 114 Å². The van der Waals surface area contributed by atoms with Crippen LogP contribution in [0.4, 0.5) is 0 Å². The molecule has 102 valence electrons. The van der Waals surface area contributed by atoms with Gasteiger partial charge in [0.15, 0.2) is 0 Å². The zero-order chi connectivity index (χ0) is 13.8. The van der Waals surface area contributed by atoms with Crippen molar-refractivity contribution in [2.24, 2.45) is 0 Å². The lowest BCUT2D eigenvalue weighted by atomic mass is 9.90. The van der Waals surface area contributed by atoms with E-state index in [1.807, 2.05) is 39.7 Å². The largest absolute Gasteiger partial charge is 0.486 e. The van der Waals surface area contributed by atoms with Crippen LogP contribution in [0.3, 0.4) is 0 Å². The van der Waals surface area contributed by atoms with Gasteiger partial charge < -0.3 is 14.0 Å². The Morgan fingerprint density at radius 1 is 1.28 bits per heavy atom. The summed E-state index contributed by atoms with van der Waals surface area (Å²) in [5.41, 5.74) is -0.609. The summed E-state index contributed by atoms with van der Waals surface area (Å²) in [6, 6.07) is 0. The van der Waals surface area contributed by atoms with E-state index in [9.17, 15) is 4.79 Å². The molecule has 0 aromatic heterocycles. The Hall–Kier alpha value is -0.455. The molecule has 0 aliphatic carbocycles. The van der Waals surface area contributed by atoms with E-state index in [-0.39, 0.29) is 24.3 Å². The molecule has 0 bridgehead atoms. The number of ether oxygens (including phenoxy) is 1. The first kappa shape index (κ1) is 15.6. The number of rotatable bonds is 5. The lowest BCUT2D eigenvalue weighted by molar-refractivity contribution is -0.137. The third kappa shape index (κ3) is 4.04. The predicted octanol–water partition coefficient (Wildman–Crippen LogP) is 2.08. The van der Waals surface area contributed by atoms with Crippen LogP contribution in [-0.4, -0.2) is 42.9 Å². The van der Waals surface area contributed by atoms with Crippen LogP contribution in [0.1, 0.15) is 27.7 Å². The molecule has 0 aromatic carbocycles. The number of esters is 1. The van der Waals surface area contributed by atoms with Crippen molar-refractivity contribution >= 4 is 24.8 Å². The van der Waals surface area contributed by atoms with E-state index >= 15 is 0 Å². The van der Waals surface area contributed by atoms with Crippen molar-refractivity contribution in [2.45, 2.75) is 38.9 Å². The van der Waals surface area contributed by atoms with Gasteiger partial charge in [0.05, 0.1) is 24.1 Å². The molecule has 0 aromatic rings. The van der Waals surface area contributed by atoms with Crippen molar-refractivity contribution < 1.29 is 18.8 Å². The third-order valence-corrected chi connectivity index (χ3v) is 4.09. The molecule has 4 nitrogen and oxygen atoms in total. The van der Waals surface area contributed by atoms with E-state index < -0.39 is 0 Å². The molecule has 0 radical (unpaired) electrons. The zero-order valence-electron chi connectivity index (χ0n) is 11.7. The second kappa shape index (κ2) is 6.13. The molecule has 0 spiro atoms. The highest BCUT2D eigenvalue weighted by molar-refractivity contribution is 8.00. The van der Waals surface area contributed by atoms with Crippen LogP contribution < -0.4 is 0 Å². The minimum atomic E-state index is -0.311. The van der Waals surface area contributed by atoms with Crippen LogP contribution in [0.2, 0.25) is 0 Å². The van der Waals surface area contributed by atoms with Gasteiger partial charge >= 0.3 is 13.1 Å². The highest BCUT2D eigenvalue weighted by atomic mass is 32.2. The number of hydrogen-bond donors (Lipinski definition) is 0. The molecular weight excluding hydrogens is 251 g/mol. The maximum atomic E-state index is 10.9. The number of methoxy groups -OCH3 is 1. The second-order valence-electron chi connectivity index (χ2n) is 5.14. The maximum Gasteiger partial charge on any atom is 0.486 e. The van der Waals surface area contributed by atoms with Gasteiger partial charge in [-0.05, 0) is 27.7 Å². The van der Waals surface area contributed by atoms with Gasteiger partial charge in [0.1, 0.15) is 0 Å². The Morgan fingerprint density at radius 3 is 2.33 bits per heavy atom. The first-order valence-electron chi connectivity index (χ1n) is 5.95. The fourth-order valence-corrected chi connectivity index (χ4v) is 2.05. The first-order valence-corrected chi connectivity index (χ1v) is 7.11. The molecule has 1 fully saturated rings. The van der Waals surface area contributed by atoms with Gasteiger partial charge in [0.2, 0.25) is 0 Å². The lowest BCUT2D eigenvalue weighted by Gasteiger charge is -2.32. The number of carbonyl (C=O) groups is 1. The minimum absolute atomic E-state index is 0.205. The van der Waals surface area contributed by atoms with Crippen LogP contribution in [-0.2, 0) is 18.8 Å². The SMILES string of the molecule is COC(=O)CSC/C=C/B1OC(C)(C)C(C)(C)O1. The normalized spacial score (nSPS) is 21.5. The van der Waals surface area contributed by atoms with E-state index in [1.165, 1.54) is 18.9 Å². The fraction of sp³-hybridized carbons (Fsp3) is 0.750. The maximum absolute atomic E-state index is 10.9. The van der Waals surface area contributed by atoms with Crippen molar-refractivity contribution in [3.8, 4) is 0 Å². The van der Waals surface area contributed by atoms with Gasteiger partial charge in [-0.3, -0.25) is 4.79 Å². The lowest BCUT2D eigenvalue weighted by Crippen LogP contribution is -2.41. The Morgan fingerprint density at radius 2 is 1.83 bits per heavy atom. The summed E-state index contributed by atoms with van der Waals surface area (Å²) < 4.78 is 16.2. The number of thioether (sulfide) groups is 1. The Bertz CT molecular complexity index is 312. The van der Waals surface area contributed by atoms with Crippen molar-refractivity contribution in [3.05, 3.63) is 12.1 Å². The van der Waals surface area contributed by atoms with E-state index in [0.717, 1.165) is 5.75 Å². The molecule has 0 N–H and O–H groups in total. The van der Waals surface area contributed by atoms with Gasteiger partial charge in [-0.25, -0.2) is 0 Å². The third-order valence-electron chi connectivity index (χ3n) is 3.23. The minimum Gasteiger partial charge on any atom is -0.468 e. The highest BCUT2D eigenvalue weighted by Gasteiger charge is 2.49. The summed E-state index contributed by atoms with van der Waals surface area (Å²) in [6.45, 7) is 8.08. The topological polar surface area (TPSA) is 44.8 Å². The Balaban J connectivity index is 2.31. The smallest absolute Gasteiger partial charge is 0.468 e. The van der Waals surface area contributed by atoms with Crippen LogP contribution in [0, 0.1) is 0 Å². The van der Waals surface area contributed by atoms with E-state index in [1.54, 1.807) is 0 Å². The summed E-state index contributed by atoms with van der Waals surface area (Å²) >= 11 is 1.50. The zero-order valence-corrected chi connectivity index (χ0v) is 12.5. The van der Waals surface area contributed by atoms with Gasteiger partial charge in [-0.15, -0.1) is 11.8 Å². The van der Waals surface area contributed by atoms with Gasteiger partial charge in [-0.1, -0.05) is 12.1 Å². The van der Waals surface area contributed by atoms with Crippen LogP contribution in [0.25, 0.3) is 0 Å². The summed E-state index contributed by atoms with van der Waals surface area (Å²) in [6.07, 6.45) is 1.95. The summed E-state index contributed by atoms with van der Waals surface area (Å²) in [4.78, 5) is 10.9. The average molecular weight is 272 g/mol. The molecule has 0 amide bonds. The first-order chi connectivity index (χ1) is 8.28. The number of hydrogen-bond acceptors (Lipinski definition) is 5. The molecular formula is C12H21BO4S. The van der Waals surface area contributed by atoms with Gasteiger partial charge in [-0.2, -0.15) is 0 Å². The quantitative estimate of drug-likeness (QED) is 0.435. The standard InChI is InChI=1S/C12H21BO4S/c1-11(2)12(3,4)17-13(16-11)7-6-8-18-9-10(14)15-5/h6-7H,8-9H2,1-5H3/b7-6+. The number of carbonyl (C=O) groups excluding carboxylic acids is 1. The van der Waals surface area contributed by atoms with Crippen LogP contribution >= 0.6 is 11.8 Å². The molecule has 0 unspecified atom stereocenters. The van der Waals surface area contributed by atoms with Crippen molar-refractivity contribution in [1.82, 2.24) is 0 Å². The molecule has 1 heterocycles. The molecule has 0 atom stereocenters. The fourth-order valence-electron chi connectivity index (χ4n) is 1.40. The molecule has 1 saturated heterocycles. The molecule has 1 rings (SSSR count). The van der Waals surface area contributed by atoms with Gasteiger partial charge in [0.25, 0.3) is 0 Å². The predicted molar refractivity (Wildman–Crippen MR) is 74.6 cm³/mol. The summed E-state index contributed by atoms with van der Waals surface area (Å²) in [5.74, 6) is 2.79. The monoisotopic (exact) mass is 272 g/mol.